The Balaban J connectivity index is 1.69. The number of hydrogen-bond acceptors (Lipinski definition) is 3. The molecule has 5 nitrogen and oxygen atoms in total. The molecule has 2 amide bonds. The summed E-state index contributed by atoms with van der Waals surface area (Å²) < 4.78 is 31.4. The van der Waals surface area contributed by atoms with Crippen molar-refractivity contribution in [1.82, 2.24) is 0 Å². The fourth-order valence-electron chi connectivity index (χ4n) is 2.49. The second-order valence-electron chi connectivity index (χ2n) is 5.81. The zero-order valence-corrected chi connectivity index (χ0v) is 14.8. The molecule has 0 radical (unpaired) electrons. The zero-order valence-electron chi connectivity index (χ0n) is 14.8. The number of nitrogens with one attached hydrogen (secondary N) is 2. The summed E-state index contributed by atoms with van der Waals surface area (Å²) in [5, 5.41) is 5.20. The number of ether oxygens (including phenoxy) is 1. The second kappa shape index (κ2) is 8.30. The first-order valence-electron chi connectivity index (χ1n) is 8.29. The normalized spacial score (nSPS) is 10.2. The highest BCUT2D eigenvalue weighted by atomic mass is 19.2. The van der Waals surface area contributed by atoms with Gasteiger partial charge in [-0.2, -0.15) is 0 Å². The lowest BCUT2D eigenvalue weighted by molar-refractivity contribution is 0.101. The molecule has 0 heterocycles. The van der Waals surface area contributed by atoms with Gasteiger partial charge >= 0.3 is 0 Å². The highest BCUT2D eigenvalue weighted by molar-refractivity contribution is 6.07. The van der Waals surface area contributed by atoms with Crippen LogP contribution in [0.5, 0.6) is 5.75 Å². The molecule has 3 aromatic rings. The maximum atomic E-state index is 13.2. The Hall–Kier alpha value is -3.74. The molecular formula is C21H16F2N2O3. The monoisotopic (exact) mass is 382 g/mol. The van der Waals surface area contributed by atoms with E-state index < -0.39 is 17.5 Å². The SMILES string of the molecule is COc1ccccc1NC(=O)c1ccc(C(=O)Nc2ccc(F)c(F)c2)cc1. The number of para-hydroxylation sites is 2. The maximum absolute atomic E-state index is 13.2. The lowest BCUT2D eigenvalue weighted by Gasteiger charge is -2.10. The number of methoxy groups -OCH3 is 1. The van der Waals surface area contributed by atoms with E-state index in [2.05, 4.69) is 10.6 Å². The number of anilines is 2. The summed E-state index contributed by atoms with van der Waals surface area (Å²) in [6.07, 6.45) is 0. The Morgan fingerprint density at radius 1 is 0.786 bits per heavy atom. The number of amides is 2. The van der Waals surface area contributed by atoms with Crippen molar-refractivity contribution in [2.75, 3.05) is 17.7 Å². The van der Waals surface area contributed by atoms with Crippen molar-refractivity contribution in [3.05, 3.63) is 89.5 Å². The van der Waals surface area contributed by atoms with Gasteiger partial charge in [-0.3, -0.25) is 9.59 Å². The van der Waals surface area contributed by atoms with Gasteiger partial charge in [0.2, 0.25) is 0 Å². The van der Waals surface area contributed by atoms with E-state index in [1.165, 1.54) is 37.4 Å². The van der Waals surface area contributed by atoms with Crippen molar-refractivity contribution in [2.24, 2.45) is 0 Å². The topological polar surface area (TPSA) is 67.4 Å². The Morgan fingerprint density at radius 3 is 2.00 bits per heavy atom. The lowest BCUT2D eigenvalue weighted by Crippen LogP contribution is -2.15. The molecule has 0 spiro atoms. The quantitative estimate of drug-likeness (QED) is 0.684. The molecule has 0 saturated carbocycles. The van der Waals surface area contributed by atoms with Crippen LogP contribution in [0.4, 0.5) is 20.2 Å². The van der Waals surface area contributed by atoms with E-state index in [4.69, 9.17) is 4.74 Å². The summed E-state index contributed by atoms with van der Waals surface area (Å²) >= 11 is 0. The molecule has 0 aromatic heterocycles. The smallest absolute Gasteiger partial charge is 0.255 e. The molecule has 0 saturated heterocycles. The molecule has 0 aliphatic rings. The van der Waals surface area contributed by atoms with Gasteiger partial charge in [0, 0.05) is 22.9 Å². The minimum atomic E-state index is -1.05. The summed E-state index contributed by atoms with van der Waals surface area (Å²) in [5.74, 6) is -2.40. The molecule has 0 aliphatic carbocycles. The average Bonchev–Trinajstić information content (AvgIpc) is 2.71. The fraction of sp³-hybridized carbons (Fsp3) is 0.0476. The Labute approximate surface area is 160 Å². The van der Waals surface area contributed by atoms with Crippen molar-refractivity contribution in [3.63, 3.8) is 0 Å². The minimum absolute atomic E-state index is 0.127. The van der Waals surface area contributed by atoms with Crippen molar-refractivity contribution >= 4 is 23.2 Å². The van der Waals surface area contributed by atoms with Gasteiger partial charge in [0.15, 0.2) is 11.6 Å². The molecule has 0 bridgehead atoms. The van der Waals surface area contributed by atoms with Crippen LogP contribution in [-0.2, 0) is 0 Å². The van der Waals surface area contributed by atoms with E-state index in [-0.39, 0.29) is 17.2 Å². The average molecular weight is 382 g/mol. The molecule has 7 heteroatoms. The number of hydrogen-bond donors (Lipinski definition) is 2. The zero-order chi connectivity index (χ0) is 20.1. The van der Waals surface area contributed by atoms with Crippen LogP contribution in [0.25, 0.3) is 0 Å². The van der Waals surface area contributed by atoms with Crippen LogP contribution < -0.4 is 15.4 Å². The van der Waals surface area contributed by atoms with E-state index in [1.54, 1.807) is 24.3 Å². The minimum Gasteiger partial charge on any atom is -0.495 e. The van der Waals surface area contributed by atoms with Gasteiger partial charge in [0.1, 0.15) is 5.75 Å². The molecule has 3 aromatic carbocycles. The first-order valence-corrected chi connectivity index (χ1v) is 8.29. The third-order valence-electron chi connectivity index (χ3n) is 3.94. The van der Waals surface area contributed by atoms with Crippen LogP contribution in [0.1, 0.15) is 20.7 Å². The number of rotatable bonds is 5. The number of carbonyl (C=O) groups is 2. The van der Waals surface area contributed by atoms with E-state index in [0.29, 0.717) is 17.0 Å². The molecular weight excluding hydrogens is 366 g/mol. The molecule has 3 rings (SSSR count). The molecule has 0 fully saturated rings. The summed E-state index contributed by atoms with van der Waals surface area (Å²) in [7, 11) is 1.51. The van der Waals surface area contributed by atoms with Gasteiger partial charge in [-0.25, -0.2) is 8.78 Å². The molecule has 28 heavy (non-hydrogen) atoms. The van der Waals surface area contributed by atoms with Crippen molar-refractivity contribution in [2.45, 2.75) is 0 Å². The third-order valence-corrected chi connectivity index (χ3v) is 3.94. The standard InChI is InChI=1S/C21H16F2N2O3/c1-28-19-5-3-2-4-18(19)25-21(27)14-8-6-13(7-9-14)20(26)24-15-10-11-16(22)17(23)12-15/h2-12H,1H3,(H,24,26)(H,25,27). The van der Waals surface area contributed by atoms with Crippen LogP contribution in [0.3, 0.4) is 0 Å². The predicted molar refractivity (Wildman–Crippen MR) is 102 cm³/mol. The van der Waals surface area contributed by atoms with Gasteiger partial charge < -0.3 is 15.4 Å². The van der Waals surface area contributed by atoms with Gasteiger partial charge in [-0.15, -0.1) is 0 Å². The van der Waals surface area contributed by atoms with Crippen LogP contribution >= 0.6 is 0 Å². The summed E-state index contributed by atoms with van der Waals surface area (Å²) in [6, 6.07) is 16.0. The highest BCUT2D eigenvalue weighted by Gasteiger charge is 2.12. The van der Waals surface area contributed by atoms with E-state index >= 15 is 0 Å². The van der Waals surface area contributed by atoms with Crippen molar-refractivity contribution < 1.29 is 23.1 Å². The number of halogens is 2. The second-order valence-corrected chi connectivity index (χ2v) is 5.81. The predicted octanol–water partition coefficient (Wildman–Crippen LogP) is 4.48. The largest absolute Gasteiger partial charge is 0.495 e. The first-order chi connectivity index (χ1) is 13.5. The van der Waals surface area contributed by atoms with E-state index in [9.17, 15) is 18.4 Å². The molecule has 0 atom stereocenters. The van der Waals surface area contributed by atoms with Crippen LogP contribution in [0.2, 0.25) is 0 Å². The van der Waals surface area contributed by atoms with Crippen molar-refractivity contribution in [3.8, 4) is 5.75 Å². The molecule has 0 aliphatic heterocycles. The van der Waals surface area contributed by atoms with Gasteiger partial charge in [0.05, 0.1) is 12.8 Å². The van der Waals surface area contributed by atoms with E-state index in [0.717, 1.165) is 12.1 Å². The third kappa shape index (κ3) is 4.32. The molecule has 142 valence electrons. The number of benzene rings is 3. The maximum Gasteiger partial charge on any atom is 0.255 e. The summed E-state index contributed by atoms with van der Waals surface area (Å²) in [5.41, 5.74) is 1.26. The van der Waals surface area contributed by atoms with Gasteiger partial charge in [-0.1, -0.05) is 12.1 Å². The molecule has 0 unspecified atom stereocenters. The van der Waals surface area contributed by atoms with Gasteiger partial charge in [0.25, 0.3) is 11.8 Å². The van der Waals surface area contributed by atoms with Crippen molar-refractivity contribution in [1.29, 1.82) is 0 Å². The summed E-state index contributed by atoms with van der Waals surface area (Å²) in [4.78, 5) is 24.6. The lowest BCUT2D eigenvalue weighted by atomic mass is 10.1. The fourth-order valence-corrected chi connectivity index (χ4v) is 2.49. The molecule has 2 N–H and O–H groups in total. The number of carbonyl (C=O) groups excluding carboxylic acids is 2. The Morgan fingerprint density at radius 2 is 1.39 bits per heavy atom. The highest BCUT2D eigenvalue weighted by Crippen LogP contribution is 2.23. The van der Waals surface area contributed by atoms with Crippen LogP contribution in [0, 0.1) is 11.6 Å². The Bertz CT molecular complexity index is 1020. The van der Waals surface area contributed by atoms with Crippen LogP contribution in [-0.4, -0.2) is 18.9 Å². The first kappa shape index (κ1) is 19.0. The summed E-state index contributed by atoms with van der Waals surface area (Å²) in [6.45, 7) is 0. The van der Waals surface area contributed by atoms with Crippen LogP contribution in [0.15, 0.2) is 66.7 Å². The van der Waals surface area contributed by atoms with E-state index in [1.807, 2.05) is 0 Å². The van der Waals surface area contributed by atoms with Gasteiger partial charge in [-0.05, 0) is 48.5 Å². The Kier molecular flexibility index (Phi) is 5.64.